The lowest BCUT2D eigenvalue weighted by molar-refractivity contribution is -0.132. The summed E-state index contributed by atoms with van der Waals surface area (Å²) in [6.45, 7) is 3.75. The van der Waals surface area contributed by atoms with Crippen LogP contribution in [-0.2, 0) is 11.2 Å². The lowest BCUT2D eigenvalue weighted by Gasteiger charge is -2.11. The summed E-state index contributed by atoms with van der Waals surface area (Å²) >= 11 is 0. The minimum Gasteiger partial charge on any atom is -0.497 e. The lowest BCUT2D eigenvalue weighted by atomic mass is 9.96. The number of methoxy groups -OCH3 is 1. The highest BCUT2D eigenvalue weighted by atomic mass is 16.5. The number of hydrogen-bond donors (Lipinski definition) is 1. The third-order valence-electron chi connectivity index (χ3n) is 3.56. The van der Waals surface area contributed by atoms with Crippen molar-refractivity contribution in [2.45, 2.75) is 26.7 Å². The number of carbonyl (C=O) groups is 1. The number of carboxylic acids is 1. The fourth-order valence-corrected chi connectivity index (χ4v) is 2.47. The molecule has 0 aromatic heterocycles. The zero-order valence-corrected chi connectivity index (χ0v) is 12.6. The number of rotatable bonds is 5. The van der Waals surface area contributed by atoms with Crippen LogP contribution in [0, 0.1) is 0 Å². The first kappa shape index (κ1) is 15.1. The third-order valence-corrected chi connectivity index (χ3v) is 3.56. The van der Waals surface area contributed by atoms with E-state index >= 15 is 0 Å². The molecule has 2 aromatic rings. The SMILES string of the molecule is CCCc1cccc2c(/C=C(/C)C(=O)O)cc(OC)cc12. The Bertz CT molecular complexity index is 699. The van der Waals surface area contributed by atoms with Gasteiger partial charge in [0.25, 0.3) is 0 Å². The third kappa shape index (κ3) is 3.24. The van der Waals surface area contributed by atoms with Crippen molar-refractivity contribution in [2.75, 3.05) is 7.11 Å². The van der Waals surface area contributed by atoms with E-state index in [-0.39, 0.29) is 0 Å². The molecule has 110 valence electrons. The fourth-order valence-electron chi connectivity index (χ4n) is 2.47. The lowest BCUT2D eigenvalue weighted by Crippen LogP contribution is -1.96. The number of carboxylic acid groups (broad SMARTS) is 1. The average molecular weight is 284 g/mol. The minimum atomic E-state index is -0.907. The van der Waals surface area contributed by atoms with Gasteiger partial charge in [-0.15, -0.1) is 0 Å². The molecule has 0 bridgehead atoms. The number of benzene rings is 2. The van der Waals surface area contributed by atoms with E-state index in [0.717, 1.165) is 34.9 Å². The predicted octanol–water partition coefficient (Wildman–Crippen LogP) is 4.29. The maximum atomic E-state index is 11.1. The Morgan fingerprint density at radius 2 is 2.05 bits per heavy atom. The Labute approximate surface area is 124 Å². The Morgan fingerprint density at radius 3 is 2.67 bits per heavy atom. The second kappa shape index (κ2) is 6.44. The van der Waals surface area contributed by atoms with Crippen molar-refractivity contribution in [3.8, 4) is 5.75 Å². The molecule has 0 radical (unpaired) electrons. The molecule has 0 unspecified atom stereocenters. The van der Waals surface area contributed by atoms with E-state index < -0.39 is 5.97 Å². The molecule has 0 fully saturated rings. The topological polar surface area (TPSA) is 46.5 Å². The molecule has 0 saturated carbocycles. The molecule has 1 N–H and O–H groups in total. The van der Waals surface area contributed by atoms with Gasteiger partial charge in [-0.2, -0.15) is 0 Å². The highest BCUT2D eigenvalue weighted by Gasteiger charge is 2.08. The van der Waals surface area contributed by atoms with Gasteiger partial charge in [0.1, 0.15) is 5.75 Å². The predicted molar refractivity (Wildman–Crippen MR) is 85.8 cm³/mol. The van der Waals surface area contributed by atoms with Gasteiger partial charge in [-0.3, -0.25) is 0 Å². The molecule has 0 aliphatic heterocycles. The van der Waals surface area contributed by atoms with Gasteiger partial charge in [0.05, 0.1) is 7.11 Å². The highest BCUT2D eigenvalue weighted by Crippen LogP contribution is 2.30. The van der Waals surface area contributed by atoms with Gasteiger partial charge in [-0.05, 0) is 53.5 Å². The molecule has 0 amide bonds. The van der Waals surface area contributed by atoms with Crippen molar-refractivity contribution in [3.05, 3.63) is 47.0 Å². The van der Waals surface area contributed by atoms with Crippen LogP contribution in [0.25, 0.3) is 16.8 Å². The first-order chi connectivity index (χ1) is 10.1. The molecule has 2 rings (SSSR count). The van der Waals surface area contributed by atoms with Gasteiger partial charge in [0.15, 0.2) is 0 Å². The van der Waals surface area contributed by atoms with Crippen molar-refractivity contribution >= 4 is 22.8 Å². The molecule has 0 aliphatic rings. The average Bonchev–Trinajstić information content (AvgIpc) is 2.47. The molecule has 2 aromatic carbocycles. The summed E-state index contributed by atoms with van der Waals surface area (Å²) < 4.78 is 5.36. The normalized spacial score (nSPS) is 11.7. The molecule has 3 nitrogen and oxygen atoms in total. The molecule has 0 heterocycles. The van der Waals surface area contributed by atoms with Crippen LogP contribution in [0.15, 0.2) is 35.9 Å². The highest BCUT2D eigenvalue weighted by molar-refractivity contribution is 5.99. The Kier molecular flexibility index (Phi) is 4.63. The number of aryl methyl sites for hydroxylation is 1. The zero-order valence-electron chi connectivity index (χ0n) is 12.6. The van der Waals surface area contributed by atoms with Crippen LogP contribution in [0.2, 0.25) is 0 Å². The van der Waals surface area contributed by atoms with Crippen LogP contribution in [-0.4, -0.2) is 18.2 Å². The van der Waals surface area contributed by atoms with Crippen LogP contribution in [0.5, 0.6) is 5.75 Å². The van der Waals surface area contributed by atoms with Gasteiger partial charge in [-0.1, -0.05) is 31.5 Å². The molecule has 21 heavy (non-hydrogen) atoms. The van der Waals surface area contributed by atoms with Gasteiger partial charge < -0.3 is 9.84 Å². The zero-order chi connectivity index (χ0) is 15.4. The Balaban J connectivity index is 2.72. The maximum absolute atomic E-state index is 11.1. The van der Waals surface area contributed by atoms with Crippen molar-refractivity contribution in [1.82, 2.24) is 0 Å². The van der Waals surface area contributed by atoms with Crippen molar-refractivity contribution in [3.63, 3.8) is 0 Å². The van der Waals surface area contributed by atoms with E-state index in [1.165, 1.54) is 5.56 Å². The molecule has 0 atom stereocenters. The van der Waals surface area contributed by atoms with E-state index in [1.54, 1.807) is 20.1 Å². The Morgan fingerprint density at radius 1 is 1.29 bits per heavy atom. The second-order valence-corrected chi connectivity index (χ2v) is 5.11. The van der Waals surface area contributed by atoms with Crippen LogP contribution in [0.1, 0.15) is 31.4 Å². The summed E-state index contributed by atoms with van der Waals surface area (Å²) in [6.07, 6.45) is 3.75. The van der Waals surface area contributed by atoms with Crippen molar-refractivity contribution in [2.24, 2.45) is 0 Å². The number of aliphatic carboxylic acids is 1. The van der Waals surface area contributed by atoms with Gasteiger partial charge >= 0.3 is 5.97 Å². The summed E-state index contributed by atoms with van der Waals surface area (Å²) in [6, 6.07) is 10.1. The summed E-state index contributed by atoms with van der Waals surface area (Å²) in [7, 11) is 1.63. The summed E-state index contributed by atoms with van der Waals surface area (Å²) in [5.41, 5.74) is 2.45. The molecule has 0 spiro atoms. The van der Waals surface area contributed by atoms with Crippen LogP contribution >= 0.6 is 0 Å². The van der Waals surface area contributed by atoms with Crippen LogP contribution < -0.4 is 4.74 Å². The smallest absolute Gasteiger partial charge is 0.331 e. The van der Waals surface area contributed by atoms with E-state index in [4.69, 9.17) is 9.84 Å². The van der Waals surface area contributed by atoms with Crippen molar-refractivity contribution in [1.29, 1.82) is 0 Å². The summed E-state index contributed by atoms with van der Waals surface area (Å²) in [4.78, 5) is 11.1. The van der Waals surface area contributed by atoms with Gasteiger partial charge in [-0.25, -0.2) is 4.79 Å². The number of fused-ring (bicyclic) bond motifs is 1. The largest absolute Gasteiger partial charge is 0.497 e. The quantitative estimate of drug-likeness (QED) is 0.833. The minimum absolute atomic E-state index is 0.311. The molecular formula is C18H20O3. The van der Waals surface area contributed by atoms with E-state index in [1.807, 2.05) is 24.3 Å². The Hall–Kier alpha value is -2.29. The van der Waals surface area contributed by atoms with E-state index in [0.29, 0.717) is 5.57 Å². The monoisotopic (exact) mass is 284 g/mol. The number of ether oxygens (including phenoxy) is 1. The van der Waals surface area contributed by atoms with Gasteiger partial charge in [0, 0.05) is 5.57 Å². The molecule has 0 saturated heterocycles. The number of hydrogen-bond acceptors (Lipinski definition) is 2. The first-order valence-electron chi connectivity index (χ1n) is 7.08. The van der Waals surface area contributed by atoms with Crippen LogP contribution in [0.3, 0.4) is 0 Å². The molecule has 3 heteroatoms. The van der Waals surface area contributed by atoms with Gasteiger partial charge in [0.2, 0.25) is 0 Å². The van der Waals surface area contributed by atoms with Crippen LogP contribution in [0.4, 0.5) is 0 Å². The first-order valence-corrected chi connectivity index (χ1v) is 7.08. The molecule has 0 aliphatic carbocycles. The summed E-state index contributed by atoms with van der Waals surface area (Å²) in [5, 5.41) is 11.3. The maximum Gasteiger partial charge on any atom is 0.331 e. The molecular weight excluding hydrogens is 264 g/mol. The summed E-state index contributed by atoms with van der Waals surface area (Å²) in [5.74, 6) is -0.161. The van der Waals surface area contributed by atoms with E-state index in [2.05, 4.69) is 13.0 Å². The van der Waals surface area contributed by atoms with E-state index in [9.17, 15) is 4.79 Å². The van der Waals surface area contributed by atoms with Crippen molar-refractivity contribution < 1.29 is 14.6 Å². The second-order valence-electron chi connectivity index (χ2n) is 5.11. The fraction of sp³-hybridized carbons (Fsp3) is 0.278. The standard InChI is InChI=1S/C18H20O3/c1-4-6-13-7-5-8-16-14(9-12(2)18(19)20)10-15(21-3)11-17(13)16/h5,7-11H,4,6H2,1-3H3,(H,19,20)/b12-9-.